The molecule has 0 aliphatic heterocycles. The first kappa shape index (κ1) is 12.2. The molecule has 3 N–H and O–H groups in total. The van der Waals surface area contributed by atoms with Crippen LogP contribution >= 0.6 is 22.7 Å². The van der Waals surface area contributed by atoms with Gasteiger partial charge >= 0.3 is 0 Å². The monoisotopic (exact) mass is 303 g/mol. The Morgan fingerprint density at radius 2 is 2.10 bits per heavy atom. The normalized spacial score (nSPS) is 14.4. The van der Waals surface area contributed by atoms with Gasteiger partial charge in [-0.15, -0.1) is 22.7 Å². The summed E-state index contributed by atoms with van der Waals surface area (Å²) in [7, 11) is 0. The third-order valence-electron chi connectivity index (χ3n) is 3.61. The Morgan fingerprint density at radius 3 is 2.90 bits per heavy atom. The number of nitrogens with zero attached hydrogens (tertiary/aromatic N) is 3. The number of aryl methyl sites for hydroxylation is 2. The van der Waals surface area contributed by atoms with Crippen LogP contribution in [0.2, 0.25) is 0 Å². The molecule has 0 amide bonds. The first-order valence-electron chi connectivity index (χ1n) is 6.54. The van der Waals surface area contributed by atoms with Gasteiger partial charge in [-0.25, -0.2) is 20.8 Å². The highest BCUT2D eigenvalue weighted by Crippen LogP contribution is 2.39. The number of anilines is 1. The minimum absolute atomic E-state index is 0.644. The third-order valence-corrected chi connectivity index (χ3v) is 5.38. The van der Waals surface area contributed by atoms with Crippen LogP contribution in [-0.4, -0.2) is 15.0 Å². The van der Waals surface area contributed by atoms with Gasteiger partial charge in [0.1, 0.15) is 10.5 Å². The fourth-order valence-electron chi connectivity index (χ4n) is 2.70. The number of fused-ring (bicyclic) bond motifs is 3. The SMILES string of the molecule is NNc1nc(-c2cscn2)nc2sc3c(c12)CCCC3. The number of hydrazine groups is 1. The summed E-state index contributed by atoms with van der Waals surface area (Å²) >= 11 is 3.31. The highest BCUT2D eigenvalue weighted by molar-refractivity contribution is 7.19. The summed E-state index contributed by atoms with van der Waals surface area (Å²) in [6.07, 6.45) is 4.74. The molecule has 4 rings (SSSR count). The zero-order valence-electron chi connectivity index (χ0n) is 10.7. The Bertz CT molecular complexity index is 763. The van der Waals surface area contributed by atoms with Crippen molar-refractivity contribution in [2.45, 2.75) is 25.7 Å². The second-order valence-electron chi connectivity index (χ2n) is 4.80. The van der Waals surface area contributed by atoms with Crippen LogP contribution in [-0.2, 0) is 12.8 Å². The molecule has 0 atom stereocenters. The van der Waals surface area contributed by atoms with Gasteiger partial charge in [0, 0.05) is 10.3 Å². The zero-order chi connectivity index (χ0) is 13.5. The lowest BCUT2D eigenvalue weighted by Gasteiger charge is -2.11. The molecular formula is C13H13N5S2. The molecule has 5 nitrogen and oxygen atoms in total. The molecule has 0 fully saturated rings. The number of rotatable bonds is 2. The highest BCUT2D eigenvalue weighted by Gasteiger charge is 2.21. The second-order valence-corrected chi connectivity index (χ2v) is 6.61. The number of aromatic nitrogens is 3. The smallest absolute Gasteiger partial charge is 0.182 e. The fraction of sp³-hybridized carbons (Fsp3) is 0.308. The van der Waals surface area contributed by atoms with Crippen molar-refractivity contribution in [3.05, 3.63) is 21.3 Å². The number of nitrogens with two attached hydrogens (primary N) is 1. The van der Waals surface area contributed by atoms with E-state index in [-0.39, 0.29) is 0 Å². The molecule has 1 aliphatic rings. The summed E-state index contributed by atoms with van der Waals surface area (Å²) in [6.45, 7) is 0. The summed E-state index contributed by atoms with van der Waals surface area (Å²) in [6, 6.07) is 0. The molecule has 3 aromatic rings. The molecule has 0 saturated heterocycles. The molecule has 0 spiro atoms. The molecule has 0 unspecified atom stereocenters. The van der Waals surface area contributed by atoms with Crippen molar-refractivity contribution in [1.29, 1.82) is 0 Å². The highest BCUT2D eigenvalue weighted by atomic mass is 32.1. The fourth-order valence-corrected chi connectivity index (χ4v) is 4.49. The van der Waals surface area contributed by atoms with E-state index < -0.39 is 0 Å². The maximum atomic E-state index is 5.68. The molecule has 20 heavy (non-hydrogen) atoms. The van der Waals surface area contributed by atoms with E-state index in [4.69, 9.17) is 5.84 Å². The van der Waals surface area contributed by atoms with Crippen molar-refractivity contribution in [2.24, 2.45) is 5.84 Å². The van der Waals surface area contributed by atoms with Crippen LogP contribution in [0.1, 0.15) is 23.3 Å². The molecule has 102 valence electrons. The van der Waals surface area contributed by atoms with Gasteiger partial charge in [-0.1, -0.05) is 0 Å². The first-order chi connectivity index (χ1) is 9.86. The topological polar surface area (TPSA) is 76.7 Å². The Morgan fingerprint density at radius 1 is 1.20 bits per heavy atom. The van der Waals surface area contributed by atoms with E-state index in [2.05, 4.69) is 20.4 Å². The van der Waals surface area contributed by atoms with Crippen LogP contribution in [0.15, 0.2) is 10.9 Å². The second kappa shape index (κ2) is 4.76. The number of thiophene rings is 1. The minimum Gasteiger partial charge on any atom is -0.308 e. The summed E-state index contributed by atoms with van der Waals surface area (Å²) in [5.74, 6) is 7.04. The number of nitrogen functional groups attached to an aromatic ring is 1. The van der Waals surface area contributed by atoms with Crippen LogP contribution in [0.25, 0.3) is 21.7 Å². The van der Waals surface area contributed by atoms with Crippen LogP contribution in [0.4, 0.5) is 5.82 Å². The summed E-state index contributed by atoms with van der Waals surface area (Å²) < 4.78 is 0. The average Bonchev–Trinajstić information content (AvgIpc) is 3.13. The van der Waals surface area contributed by atoms with Crippen molar-refractivity contribution in [1.82, 2.24) is 15.0 Å². The number of hydrogen-bond donors (Lipinski definition) is 2. The van der Waals surface area contributed by atoms with E-state index in [0.29, 0.717) is 5.82 Å². The van der Waals surface area contributed by atoms with Gasteiger partial charge in [-0.05, 0) is 31.2 Å². The molecule has 0 saturated carbocycles. The van der Waals surface area contributed by atoms with E-state index in [1.54, 1.807) is 28.2 Å². The lowest BCUT2D eigenvalue weighted by molar-refractivity contribution is 0.700. The Hall–Kier alpha value is -1.57. The maximum absolute atomic E-state index is 5.68. The van der Waals surface area contributed by atoms with E-state index in [9.17, 15) is 0 Å². The summed E-state index contributed by atoms with van der Waals surface area (Å²) in [4.78, 5) is 16.0. The van der Waals surface area contributed by atoms with Gasteiger partial charge in [0.15, 0.2) is 11.6 Å². The van der Waals surface area contributed by atoms with Gasteiger partial charge in [-0.3, -0.25) is 0 Å². The first-order valence-corrected chi connectivity index (χ1v) is 8.30. The molecule has 1 aliphatic carbocycles. The van der Waals surface area contributed by atoms with Crippen molar-refractivity contribution in [3.63, 3.8) is 0 Å². The lowest BCUT2D eigenvalue weighted by atomic mass is 9.97. The predicted molar refractivity (Wildman–Crippen MR) is 83.0 cm³/mol. The van der Waals surface area contributed by atoms with Gasteiger partial charge < -0.3 is 5.43 Å². The minimum atomic E-state index is 0.644. The molecule has 0 aromatic carbocycles. The van der Waals surface area contributed by atoms with E-state index in [0.717, 1.165) is 34.6 Å². The summed E-state index contributed by atoms with van der Waals surface area (Å²) in [5.41, 5.74) is 6.72. The van der Waals surface area contributed by atoms with E-state index >= 15 is 0 Å². The largest absolute Gasteiger partial charge is 0.308 e. The predicted octanol–water partition coefficient (Wildman–Crippen LogP) is 2.98. The Kier molecular flexibility index (Phi) is 2.90. The average molecular weight is 303 g/mol. The standard InChI is InChI=1S/C13H13N5S2/c14-18-12-10-7-3-1-2-4-9(7)20-13(10)17-11(16-12)8-5-19-6-15-8/h5-6H,1-4,14H2,(H,16,17,18). The van der Waals surface area contributed by atoms with Gasteiger partial charge in [-0.2, -0.15) is 0 Å². The lowest BCUT2D eigenvalue weighted by Crippen LogP contribution is -2.11. The van der Waals surface area contributed by atoms with Crippen molar-refractivity contribution < 1.29 is 0 Å². The van der Waals surface area contributed by atoms with Gasteiger partial charge in [0.25, 0.3) is 0 Å². The third kappa shape index (κ3) is 1.81. The van der Waals surface area contributed by atoms with Crippen LogP contribution in [0, 0.1) is 0 Å². The van der Waals surface area contributed by atoms with Crippen LogP contribution < -0.4 is 11.3 Å². The van der Waals surface area contributed by atoms with E-state index in [1.807, 2.05) is 5.38 Å². The Labute approximate surface area is 123 Å². The zero-order valence-corrected chi connectivity index (χ0v) is 12.4. The van der Waals surface area contributed by atoms with Crippen molar-refractivity contribution >= 4 is 38.7 Å². The number of nitrogens with one attached hydrogen (secondary N) is 1. The molecule has 3 heterocycles. The molecular weight excluding hydrogens is 290 g/mol. The number of hydrogen-bond acceptors (Lipinski definition) is 7. The Balaban J connectivity index is 1.99. The van der Waals surface area contributed by atoms with Crippen molar-refractivity contribution in [2.75, 3.05) is 5.43 Å². The van der Waals surface area contributed by atoms with Crippen LogP contribution in [0.3, 0.4) is 0 Å². The number of thiazole rings is 1. The molecule has 3 aromatic heterocycles. The van der Waals surface area contributed by atoms with Crippen LogP contribution in [0.5, 0.6) is 0 Å². The molecule has 0 bridgehead atoms. The molecule has 7 heteroatoms. The summed E-state index contributed by atoms with van der Waals surface area (Å²) in [5, 5.41) is 3.06. The van der Waals surface area contributed by atoms with E-state index in [1.165, 1.54) is 23.3 Å². The molecule has 0 radical (unpaired) electrons. The van der Waals surface area contributed by atoms with Crippen molar-refractivity contribution in [3.8, 4) is 11.5 Å². The quantitative estimate of drug-likeness (QED) is 0.562. The maximum Gasteiger partial charge on any atom is 0.182 e. The van der Waals surface area contributed by atoms with Gasteiger partial charge in [0.2, 0.25) is 0 Å². The van der Waals surface area contributed by atoms with Gasteiger partial charge in [0.05, 0.1) is 10.9 Å².